The van der Waals surface area contributed by atoms with Crippen LogP contribution in [0, 0.1) is 0 Å². The Kier molecular flexibility index (Phi) is 4.73. The summed E-state index contributed by atoms with van der Waals surface area (Å²) in [5.41, 5.74) is 0.194. The molecular formula is C19H21N3O5. The minimum atomic E-state index is -1.05. The Bertz CT molecular complexity index is 934. The van der Waals surface area contributed by atoms with E-state index in [1.807, 2.05) is 18.2 Å². The Morgan fingerprint density at radius 3 is 2.63 bits per heavy atom. The fourth-order valence-electron chi connectivity index (χ4n) is 3.04. The van der Waals surface area contributed by atoms with Gasteiger partial charge < -0.3 is 15.0 Å². The van der Waals surface area contributed by atoms with Crippen LogP contribution < -0.4 is 5.32 Å². The predicted molar refractivity (Wildman–Crippen MR) is 97.1 cm³/mol. The Morgan fingerprint density at radius 1 is 1.26 bits per heavy atom. The molecule has 0 saturated carbocycles. The molecule has 3 rings (SSSR count). The van der Waals surface area contributed by atoms with Crippen molar-refractivity contribution in [1.82, 2.24) is 15.2 Å². The molecule has 1 aliphatic heterocycles. The van der Waals surface area contributed by atoms with E-state index in [0.717, 1.165) is 15.8 Å². The summed E-state index contributed by atoms with van der Waals surface area (Å²) < 4.78 is 5.17. The Balaban J connectivity index is 1.66. The number of para-hydroxylation sites is 1. The van der Waals surface area contributed by atoms with Gasteiger partial charge in [-0.3, -0.25) is 19.3 Å². The molecule has 0 bridgehead atoms. The fourth-order valence-corrected chi connectivity index (χ4v) is 3.04. The van der Waals surface area contributed by atoms with Gasteiger partial charge in [0.05, 0.1) is 0 Å². The Labute approximate surface area is 155 Å². The molecule has 2 heterocycles. The number of nitrogens with zero attached hydrogens (tertiary/aromatic N) is 1. The molecule has 0 aliphatic carbocycles. The van der Waals surface area contributed by atoms with Gasteiger partial charge in [0.2, 0.25) is 5.78 Å². The second kappa shape index (κ2) is 6.86. The Hall–Kier alpha value is -3.16. The van der Waals surface area contributed by atoms with Crippen LogP contribution in [0.5, 0.6) is 0 Å². The number of hydrogen-bond acceptors (Lipinski definition) is 5. The van der Waals surface area contributed by atoms with Crippen molar-refractivity contribution in [2.24, 2.45) is 0 Å². The molecule has 27 heavy (non-hydrogen) atoms. The van der Waals surface area contributed by atoms with Crippen LogP contribution in [-0.2, 0) is 14.3 Å². The van der Waals surface area contributed by atoms with Crippen LogP contribution in [0.2, 0.25) is 0 Å². The highest BCUT2D eigenvalue weighted by atomic mass is 16.5. The zero-order valence-electron chi connectivity index (χ0n) is 15.4. The molecule has 142 valence electrons. The predicted octanol–water partition coefficient (Wildman–Crippen LogP) is 2.00. The van der Waals surface area contributed by atoms with Gasteiger partial charge in [0.1, 0.15) is 12.1 Å². The number of carbonyl (C=O) groups excluding carboxylic acids is 4. The third-order valence-corrected chi connectivity index (χ3v) is 4.87. The monoisotopic (exact) mass is 371 g/mol. The van der Waals surface area contributed by atoms with Crippen molar-refractivity contribution in [3.8, 4) is 0 Å². The standard InChI is InChI=1S/C19H21N3O5/c1-4-19(3)17(25)22(18(26)21-19)10-15(23)27-11(2)16(24)13-9-20-14-8-6-5-7-12(13)14/h5-9,11,20H,4,10H2,1-3H3,(H,21,26)/t11-,19+/m0/s1. The number of aromatic nitrogens is 1. The van der Waals surface area contributed by atoms with Gasteiger partial charge in [-0.1, -0.05) is 25.1 Å². The number of aromatic amines is 1. The van der Waals surface area contributed by atoms with Gasteiger partial charge in [0, 0.05) is 22.7 Å². The summed E-state index contributed by atoms with van der Waals surface area (Å²) >= 11 is 0. The first-order valence-electron chi connectivity index (χ1n) is 8.70. The number of hydrogen-bond donors (Lipinski definition) is 2. The molecule has 8 nitrogen and oxygen atoms in total. The lowest BCUT2D eigenvalue weighted by molar-refractivity contribution is -0.149. The maximum Gasteiger partial charge on any atom is 0.326 e. The normalized spacial score (nSPS) is 20.6. The summed E-state index contributed by atoms with van der Waals surface area (Å²) in [5, 5.41) is 3.30. The molecule has 0 radical (unpaired) electrons. The number of carbonyl (C=O) groups is 4. The third-order valence-electron chi connectivity index (χ3n) is 4.87. The molecule has 1 fully saturated rings. The highest BCUT2D eigenvalue weighted by Crippen LogP contribution is 2.22. The van der Waals surface area contributed by atoms with Gasteiger partial charge >= 0.3 is 12.0 Å². The minimum absolute atomic E-state index is 0.364. The van der Waals surface area contributed by atoms with Gasteiger partial charge in [-0.15, -0.1) is 0 Å². The first-order chi connectivity index (χ1) is 12.8. The van der Waals surface area contributed by atoms with Crippen LogP contribution in [0.25, 0.3) is 10.9 Å². The molecule has 2 atom stereocenters. The number of imide groups is 1. The first kappa shape index (κ1) is 18.6. The number of Topliss-reactive ketones (excluding diaryl/α,β-unsaturated/α-hetero) is 1. The smallest absolute Gasteiger partial charge is 0.326 e. The summed E-state index contributed by atoms with van der Waals surface area (Å²) in [6.07, 6.45) is 0.926. The topological polar surface area (TPSA) is 109 Å². The summed E-state index contributed by atoms with van der Waals surface area (Å²) in [6.45, 7) is 4.29. The van der Waals surface area contributed by atoms with Crippen LogP contribution in [-0.4, -0.2) is 51.8 Å². The second-order valence-electron chi connectivity index (χ2n) is 6.75. The van der Waals surface area contributed by atoms with E-state index in [2.05, 4.69) is 10.3 Å². The highest BCUT2D eigenvalue weighted by molar-refractivity contribution is 6.11. The molecule has 1 aliphatic rings. The van der Waals surface area contributed by atoms with Crippen LogP contribution in [0.15, 0.2) is 30.5 Å². The number of nitrogens with one attached hydrogen (secondary N) is 2. The average Bonchev–Trinajstić information content (AvgIpc) is 3.16. The molecule has 0 spiro atoms. The quantitative estimate of drug-likeness (QED) is 0.459. The van der Waals surface area contributed by atoms with Crippen molar-refractivity contribution in [3.05, 3.63) is 36.0 Å². The van der Waals surface area contributed by atoms with Gasteiger partial charge in [0.15, 0.2) is 6.10 Å². The molecule has 2 aromatic rings. The summed E-state index contributed by atoms with van der Waals surface area (Å²) in [7, 11) is 0. The number of amides is 3. The number of ether oxygens (including phenoxy) is 1. The van der Waals surface area contributed by atoms with Gasteiger partial charge in [-0.2, -0.15) is 0 Å². The van der Waals surface area contributed by atoms with Crippen molar-refractivity contribution < 1.29 is 23.9 Å². The molecule has 1 saturated heterocycles. The van der Waals surface area contributed by atoms with E-state index in [9.17, 15) is 19.2 Å². The van der Waals surface area contributed by atoms with Gasteiger partial charge in [-0.05, 0) is 26.3 Å². The zero-order chi connectivity index (χ0) is 19.8. The second-order valence-corrected chi connectivity index (χ2v) is 6.75. The zero-order valence-corrected chi connectivity index (χ0v) is 15.4. The molecule has 3 amide bonds. The molecule has 2 N–H and O–H groups in total. The van der Waals surface area contributed by atoms with E-state index in [4.69, 9.17) is 4.74 Å². The van der Waals surface area contributed by atoms with E-state index in [1.165, 1.54) is 6.92 Å². The van der Waals surface area contributed by atoms with Gasteiger partial charge in [-0.25, -0.2) is 4.79 Å². The maximum absolute atomic E-state index is 12.6. The lowest BCUT2D eigenvalue weighted by Gasteiger charge is -2.19. The number of rotatable bonds is 6. The van der Waals surface area contributed by atoms with Crippen LogP contribution in [0.4, 0.5) is 4.79 Å². The van der Waals surface area contributed by atoms with Gasteiger partial charge in [0.25, 0.3) is 5.91 Å². The number of ketones is 1. The van der Waals surface area contributed by atoms with Crippen molar-refractivity contribution in [3.63, 3.8) is 0 Å². The van der Waals surface area contributed by atoms with Crippen molar-refractivity contribution in [2.45, 2.75) is 38.8 Å². The number of benzene rings is 1. The molecule has 8 heteroatoms. The van der Waals surface area contributed by atoms with Crippen molar-refractivity contribution in [2.75, 3.05) is 6.54 Å². The maximum atomic E-state index is 12.6. The number of H-pyrrole nitrogens is 1. The molecule has 1 aromatic heterocycles. The van der Waals surface area contributed by atoms with Crippen LogP contribution in [0.3, 0.4) is 0 Å². The number of urea groups is 1. The van der Waals surface area contributed by atoms with E-state index in [-0.39, 0.29) is 5.78 Å². The number of esters is 1. The Morgan fingerprint density at radius 2 is 1.96 bits per heavy atom. The third kappa shape index (κ3) is 3.30. The lowest BCUT2D eigenvalue weighted by Crippen LogP contribution is -2.43. The largest absolute Gasteiger partial charge is 0.453 e. The summed E-state index contributed by atoms with van der Waals surface area (Å²) in [4.78, 5) is 52.9. The van der Waals surface area contributed by atoms with Crippen molar-refractivity contribution in [1.29, 1.82) is 0 Å². The van der Waals surface area contributed by atoms with Crippen molar-refractivity contribution >= 4 is 34.6 Å². The first-order valence-corrected chi connectivity index (χ1v) is 8.70. The lowest BCUT2D eigenvalue weighted by atomic mass is 9.99. The van der Waals surface area contributed by atoms with Crippen LogP contribution >= 0.6 is 0 Å². The molecular weight excluding hydrogens is 350 g/mol. The molecule has 0 unspecified atom stereocenters. The van der Waals surface area contributed by atoms with E-state index < -0.39 is 36.1 Å². The summed E-state index contributed by atoms with van der Waals surface area (Å²) in [5.74, 6) is -1.67. The van der Waals surface area contributed by atoms with E-state index >= 15 is 0 Å². The SMILES string of the molecule is CC[C@@]1(C)NC(=O)N(CC(=O)O[C@@H](C)C(=O)c2c[nH]c3ccccc23)C1=O. The summed E-state index contributed by atoms with van der Waals surface area (Å²) in [6, 6.07) is 6.65. The van der Waals surface area contributed by atoms with E-state index in [0.29, 0.717) is 12.0 Å². The fraction of sp³-hybridized carbons (Fsp3) is 0.368. The minimum Gasteiger partial charge on any atom is -0.453 e. The number of fused-ring (bicyclic) bond motifs is 1. The average molecular weight is 371 g/mol. The van der Waals surface area contributed by atoms with E-state index in [1.54, 1.807) is 26.1 Å². The van der Waals surface area contributed by atoms with Crippen LogP contribution in [0.1, 0.15) is 37.6 Å². The molecule has 1 aromatic carbocycles. The highest BCUT2D eigenvalue weighted by Gasteiger charge is 2.47.